The smallest absolute Gasteiger partial charge is 0.195 e. The SMILES string of the molecule is CCCCO/C(C#N)=C(/C)CC/C=C(\C)CC. The summed E-state index contributed by atoms with van der Waals surface area (Å²) in [6, 6.07) is 2.15. The van der Waals surface area contributed by atoms with Crippen LogP contribution in [0, 0.1) is 11.3 Å². The van der Waals surface area contributed by atoms with Gasteiger partial charge in [0.05, 0.1) is 6.61 Å². The molecule has 0 amide bonds. The fraction of sp³-hybridized carbons (Fsp3) is 0.667. The van der Waals surface area contributed by atoms with Gasteiger partial charge in [-0.25, -0.2) is 0 Å². The number of hydrogen-bond acceptors (Lipinski definition) is 2. The van der Waals surface area contributed by atoms with E-state index in [1.807, 2.05) is 6.92 Å². The molecule has 0 aromatic rings. The van der Waals surface area contributed by atoms with E-state index in [0.29, 0.717) is 12.4 Å². The third kappa shape index (κ3) is 7.63. The fourth-order valence-corrected chi connectivity index (χ4v) is 1.36. The molecule has 0 saturated carbocycles. The number of hydrogen-bond donors (Lipinski definition) is 0. The van der Waals surface area contributed by atoms with Crippen LogP contribution in [-0.4, -0.2) is 6.61 Å². The van der Waals surface area contributed by atoms with Gasteiger partial charge in [0.1, 0.15) is 6.07 Å². The molecular formula is C15H25NO. The number of unbranched alkanes of at least 4 members (excludes halogenated alkanes) is 1. The summed E-state index contributed by atoms with van der Waals surface area (Å²) >= 11 is 0. The highest BCUT2D eigenvalue weighted by molar-refractivity contribution is 5.20. The van der Waals surface area contributed by atoms with E-state index in [1.165, 1.54) is 5.57 Å². The first-order valence-corrected chi connectivity index (χ1v) is 6.53. The normalized spacial score (nSPS) is 13.0. The summed E-state index contributed by atoms with van der Waals surface area (Å²) in [5, 5.41) is 9.00. The van der Waals surface area contributed by atoms with Gasteiger partial charge in [-0.15, -0.1) is 0 Å². The maximum Gasteiger partial charge on any atom is 0.195 e. The number of ether oxygens (including phenoxy) is 1. The first kappa shape index (κ1) is 15.8. The summed E-state index contributed by atoms with van der Waals surface area (Å²) in [7, 11) is 0. The van der Waals surface area contributed by atoms with Gasteiger partial charge in [-0.1, -0.05) is 31.9 Å². The number of allylic oxidation sites excluding steroid dienone is 4. The van der Waals surface area contributed by atoms with Crippen molar-refractivity contribution in [1.82, 2.24) is 0 Å². The maximum atomic E-state index is 9.00. The zero-order valence-electron chi connectivity index (χ0n) is 11.7. The van der Waals surface area contributed by atoms with Crippen molar-refractivity contribution in [3.8, 4) is 6.07 Å². The molecule has 0 unspecified atom stereocenters. The Morgan fingerprint density at radius 3 is 2.53 bits per heavy atom. The quantitative estimate of drug-likeness (QED) is 0.263. The number of rotatable bonds is 8. The third-order valence-corrected chi connectivity index (χ3v) is 2.80. The molecule has 0 saturated heterocycles. The van der Waals surface area contributed by atoms with Crippen molar-refractivity contribution < 1.29 is 4.74 Å². The van der Waals surface area contributed by atoms with Crippen LogP contribution in [0.3, 0.4) is 0 Å². The molecule has 0 bridgehead atoms. The molecular weight excluding hydrogens is 210 g/mol. The van der Waals surface area contributed by atoms with Gasteiger partial charge < -0.3 is 4.74 Å². The first-order valence-electron chi connectivity index (χ1n) is 6.53. The predicted octanol–water partition coefficient (Wildman–Crippen LogP) is 4.74. The van der Waals surface area contributed by atoms with Crippen LogP contribution in [0.25, 0.3) is 0 Å². The predicted molar refractivity (Wildman–Crippen MR) is 72.5 cm³/mol. The Hall–Kier alpha value is -1.23. The number of nitrogens with zero attached hydrogens (tertiary/aromatic N) is 1. The van der Waals surface area contributed by atoms with E-state index in [0.717, 1.165) is 37.7 Å². The van der Waals surface area contributed by atoms with E-state index in [9.17, 15) is 0 Å². The second-order valence-corrected chi connectivity index (χ2v) is 4.37. The number of nitriles is 1. The van der Waals surface area contributed by atoms with Crippen molar-refractivity contribution in [2.75, 3.05) is 6.61 Å². The minimum Gasteiger partial charge on any atom is -0.484 e. The average Bonchev–Trinajstić information content (AvgIpc) is 2.34. The van der Waals surface area contributed by atoms with Gasteiger partial charge in [0.2, 0.25) is 0 Å². The lowest BCUT2D eigenvalue weighted by Crippen LogP contribution is -1.96. The van der Waals surface area contributed by atoms with Gasteiger partial charge in [0, 0.05) is 0 Å². The van der Waals surface area contributed by atoms with Gasteiger partial charge >= 0.3 is 0 Å². The molecule has 0 aromatic carbocycles. The molecule has 0 aliphatic rings. The molecule has 0 atom stereocenters. The second kappa shape index (κ2) is 9.96. The molecule has 2 heteroatoms. The Morgan fingerprint density at radius 1 is 1.29 bits per heavy atom. The Kier molecular flexibility index (Phi) is 9.24. The molecule has 2 nitrogen and oxygen atoms in total. The van der Waals surface area contributed by atoms with E-state index < -0.39 is 0 Å². The highest BCUT2D eigenvalue weighted by Crippen LogP contribution is 2.13. The summed E-state index contributed by atoms with van der Waals surface area (Å²) in [5.74, 6) is 0.515. The Labute approximate surface area is 106 Å². The Morgan fingerprint density at radius 2 is 2.00 bits per heavy atom. The van der Waals surface area contributed by atoms with Crippen molar-refractivity contribution in [1.29, 1.82) is 5.26 Å². The molecule has 0 radical (unpaired) electrons. The molecule has 0 heterocycles. The molecule has 0 rings (SSSR count). The topological polar surface area (TPSA) is 33.0 Å². The zero-order chi connectivity index (χ0) is 13.1. The summed E-state index contributed by atoms with van der Waals surface area (Å²) < 4.78 is 5.48. The molecule has 0 aromatic heterocycles. The van der Waals surface area contributed by atoms with Crippen LogP contribution < -0.4 is 0 Å². The van der Waals surface area contributed by atoms with Gasteiger partial charge in [0.15, 0.2) is 5.76 Å². The van der Waals surface area contributed by atoms with Crippen LogP contribution in [0.2, 0.25) is 0 Å². The lowest BCUT2D eigenvalue weighted by molar-refractivity contribution is 0.218. The van der Waals surface area contributed by atoms with Crippen molar-refractivity contribution >= 4 is 0 Å². The molecule has 0 aliphatic heterocycles. The molecule has 0 N–H and O–H groups in total. The molecule has 0 aliphatic carbocycles. The zero-order valence-corrected chi connectivity index (χ0v) is 11.7. The lowest BCUT2D eigenvalue weighted by atomic mass is 10.1. The maximum absolute atomic E-state index is 9.00. The van der Waals surface area contributed by atoms with Crippen molar-refractivity contribution in [2.45, 2.75) is 59.8 Å². The van der Waals surface area contributed by atoms with Crippen molar-refractivity contribution in [3.63, 3.8) is 0 Å². The first-order chi connectivity index (χ1) is 8.15. The highest BCUT2D eigenvalue weighted by Gasteiger charge is 2.02. The Bertz CT molecular complexity index is 307. The minimum absolute atomic E-state index is 0.515. The van der Waals surface area contributed by atoms with E-state index in [-0.39, 0.29) is 0 Å². The standard InChI is InChI=1S/C15H25NO/c1-5-7-11-17-15(12-16)14(4)10-8-9-13(3)6-2/h9H,5-8,10-11H2,1-4H3/b13-9+,15-14-. The van der Waals surface area contributed by atoms with Crippen LogP contribution in [0.15, 0.2) is 23.0 Å². The van der Waals surface area contributed by atoms with Crippen LogP contribution in [0.4, 0.5) is 0 Å². The average molecular weight is 235 g/mol. The van der Waals surface area contributed by atoms with Crippen LogP contribution >= 0.6 is 0 Å². The van der Waals surface area contributed by atoms with Gasteiger partial charge in [-0.05, 0) is 45.1 Å². The van der Waals surface area contributed by atoms with Crippen LogP contribution in [-0.2, 0) is 4.74 Å². The fourth-order valence-electron chi connectivity index (χ4n) is 1.36. The molecule has 0 fully saturated rings. The molecule has 96 valence electrons. The summed E-state index contributed by atoms with van der Waals surface area (Å²) in [4.78, 5) is 0. The van der Waals surface area contributed by atoms with E-state index in [4.69, 9.17) is 10.00 Å². The Balaban J connectivity index is 4.20. The van der Waals surface area contributed by atoms with E-state index in [1.54, 1.807) is 0 Å². The van der Waals surface area contributed by atoms with Crippen molar-refractivity contribution in [3.05, 3.63) is 23.0 Å². The highest BCUT2D eigenvalue weighted by atomic mass is 16.5. The van der Waals surface area contributed by atoms with Gasteiger partial charge in [-0.2, -0.15) is 5.26 Å². The largest absolute Gasteiger partial charge is 0.484 e. The van der Waals surface area contributed by atoms with E-state index in [2.05, 4.69) is 32.9 Å². The summed E-state index contributed by atoms with van der Waals surface area (Å²) in [5.41, 5.74) is 2.46. The summed E-state index contributed by atoms with van der Waals surface area (Å²) in [6.45, 7) is 9.05. The minimum atomic E-state index is 0.515. The van der Waals surface area contributed by atoms with Gasteiger partial charge in [0.25, 0.3) is 0 Å². The molecule has 17 heavy (non-hydrogen) atoms. The third-order valence-electron chi connectivity index (χ3n) is 2.80. The second-order valence-electron chi connectivity index (χ2n) is 4.37. The summed E-state index contributed by atoms with van der Waals surface area (Å²) in [6.07, 6.45) is 7.34. The van der Waals surface area contributed by atoms with Crippen LogP contribution in [0.5, 0.6) is 0 Å². The molecule has 0 spiro atoms. The lowest BCUT2D eigenvalue weighted by Gasteiger charge is -2.07. The van der Waals surface area contributed by atoms with E-state index >= 15 is 0 Å². The van der Waals surface area contributed by atoms with Gasteiger partial charge in [-0.3, -0.25) is 0 Å². The van der Waals surface area contributed by atoms with Crippen molar-refractivity contribution in [2.24, 2.45) is 0 Å². The monoisotopic (exact) mass is 235 g/mol. The van der Waals surface area contributed by atoms with Crippen LogP contribution in [0.1, 0.15) is 59.8 Å².